The summed E-state index contributed by atoms with van der Waals surface area (Å²) in [5.74, 6) is 1.09. The van der Waals surface area contributed by atoms with E-state index < -0.39 is 0 Å². The molecule has 96 valence electrons. The molecule has 1 N–H and O–H groups in total. The van der Waals surface area contributed by atoms with Crippen molar-refractivity contribution in [1.29, 1.82) is 0 Å². The van der Waals surface area contributed by atoms with Crippen LogP contribution in [0.1, 0.15) is 57.7 Å². The van der Waals surface area contributed by atoms with E-state index in [1.54, 1.807) is 0 Å². The van der Waals surface area contributed by atoms with Crippen molar-refractivity contribution in [2.75, 3.05) is 0 Å². The second-order valence-electron chi connectivity index (χ2n) is 6.09. The van der Waals surface area contributed by atoms with E-state index in [0.717, 1.165) is 24.0 Å². The summed E-state index contributed by atoms with van der Waals surface area (Å²) in [4.78, 5) is 0. The molecular formula is C16H26O. The third-order valence-corrected chi connectivity index (χ3v) is 3.74. The Morgan fingerprint density at radius 1 is 1.24 bits per heavy atom. The molecule has 0 saturated carbocycles. The Balaban J connectivity index is 3.28. The summed E-state index contributed by atoms with van der Waals surface area (Å²) in [6, 6.07) is 4.22. The largest absolute Gasteiger partial charge is 0.507 e. The maximum atomic E-state index is 10.5. The highest BCUT2D eigenvalue weighted by atomic mass is 16.3. The maximum Gasteiger partial charge on any atom is 0.122 e. The number of phenolic OH excluding ortho intramolecular Hbond substituents is 1. The van der Waals surface area contributed by atoms with Crippen LogP contribution in [0.2, 0.25) is 0 Å². The van der Waals surface area contributed by atoms with E-state index in [0.29, 0.717) is 11.7 Å². The van der Waals surface area contributed by atoms with Crippen LogP contribution in [0, 0.1) is 12.8 Å². The molecule has 1 heteroatoms. The number of benzene rings is 1. The Morgan fingerprint density at radius 2 is 1.82 bits per heavy atom. The number of aromatic hydroxyl groups is 1. The van der Waals surface area contributed by atoms with Crippen LogP contribution in [0.3, 0.4) is 0 Å². The van der Waals surface area contributed by atoms with E-state index in [2.05, 4.69) is 53.7 Å². The summed E-state index contributed by atoms with van der Waals surface area (Å²) in [6.07, 6.45) is 1.98. The van der Waals surface area contributed by atoms with Crippen LogP contribution >= 0.6 is 0 Å². The molecular weight excluding hydrogens is 208 g/mol. The Kier molecular flexibility index (Phi) is 4.24. The number of hydrogen-bond acceptors (Lipinski definition) is 1. The Hall–Kier alpha value is -0.980. The second kappa shape index (κ2) is 5.12. The third-order valence-electron chi connectivity index (χ3n) is 3.74. The van der Waals surface area contributed by atoms with E-state index >= 15 is 0 Å². The zero-order chi connectivity index (χ0) is 13.2. The lowest BCUT2D eigenvalue weighted by Gasteiger charge is -2.26. The first kappa shape index (κ1) is 14.1. The van der Waals surface area contributed by atoms with Crippen LogP contribution in [0.5, 0.6) is 5.75 Å². The molecule has 0 aliphatic rings. The van der Waals surface area contributed by atoms with Gasteiger partial charge in [0.2, 0.25) is 0 Å². The van der Waals surface area contributed by atoms with Crippen molar-refractivity contribution >= 4 is 0 Å². The predicted octanol–water partition coefficient (Wildman–Crippen LogP) is 4.59. The van der Waals surface area contributed by atoms with Crippen molar-refractivity contribution in [3.63, 3.8) is 0 Å². The fourth-order valence-electron chi connectivity index (χ4n) is 2.14. The van der Waals surface area contributed by atoms with Gasteiger partial charge in [-0.1, -0.05) is 46.8 Å². The highest BCUT2D eigenvalue weighted by molar-refractivity contribution is 5.48. The number of rotatable bonds is 4. The molecule has 0 saturated heterocycles. The average Bonchev–Trinajstić information content (AvgIpc) is 2.23. The van der Waals surface area contributed by atoms with Gasteiger partial charge in [0.1, 0.15) is 5.75 Å². The fourth-order valence-corrected chi connectivity index (χ4v) is 2.14. The van der Waals surface area contributed by atoms with Gasteiger partial charge >= 0.3 is 0 Å². The first-order chi connectivity index (χ1) is 7.79. The van der Waals surface area contributed by atoms with E-state index in [1.165, 1.54) is 5.56 Å². The molecule has 0 aliphatic carbocycles. The summed E-state index contributed by atoms with van der Waals surface area (Å²) < 4.78 is 0. The SMILES string of the molecule is CCC(C)(C)c1ccc(C)c(CC(C)C)c1O. The van der Waals surface area contributed by atoms with Gasteiger partial charge in [0, 0.05) is 0 Å². The lowest BCUT2D eigenvalue weighted by atomic mass is 9.79. The molecule has 0 aliphatic heterocycles. The van der Waals surface area contributed by atoms with Crippen molar-refractivity contribution in [2.24, 2.45) is 5.92 Å². The smallest absolute Gasteiger partial charge is 0.122 e. The molecule has 1 nitrogen and oxygen atoms in total. The van der Waals surface area contributed by atoms with Gasteiger partial charge in [-0.15, -0.1) is 0 Å². The summed E-state index contributed by atoms with van der Waals surface area (Å²) in [6.45, 7) is 13.0. The molecule has 0 atom stereocenters. The zero-order valence-electron chi connectivity index (χ0n) is 12.1. The van der Waals surface area contributed by atoms with Crippen LogP contribution in [0.25, 0.3) is 0 Å². The number of hydrogen-bond donors (Lipinski definition) is 1. The molecule has 0 fully saturated rings. The van der Waals surface area contributed by atoms with Crippen molar-refractivity contribution in [2.45, 2.75) is 59.8 Å². The minimum Gasteiger partial charge on any atom is -0.507 e. The zero-order valence-corrected chi connectivity index (χ0v) is 12.1. The first-order valence-corrected chi connectivity index (χ1v) is 6.61. The fraction of sp³-hybridized carbons (Fsp3) is 0.625. The van der Waals surface area contributed by atoms with Crippen LogP contribution in [-0.2, 0) is 11.8 Å². The van der Waals surface area contributed by atoms with E-state index in [-0.39, 0.29) is 5.41 Å². The third kappa shape index (κ3) is 3.02. The quantitative estimate of drug-likeness (QED) is 0.808. The molecule has 1 aromatic carbocycles. The van der Waals surface area contributed by atoms with E-state index in [1.807, 2.05) is 0 Å². The Bertz CT molecular complexity index is 389. The minimum absolute atomic E-state index is 0.0452. The summed E-state index contributed by atoms with van der Waals surface area (Å²) >= 11 is 0. The topological polar surface area (TPSA) is 20.2 Å². The molecule has 0 aromatic heterocycles. The van der Waals surface area contributed by atoms with Gasteiger partial charge in [0.05, 0.1) is 0 Å². The molecule has 1 rings (SSSR count). The van der Waals surface area contributed by atoms with E-state index in [9.17, 15) is 5.11 Å². The number of aryl methyl sites for hydroxylation is 1. The summed E-state index contributed by atoms with van der Waals surface area (Å²) in [5, 5.41) is 10.5. The Morgan fingerprint density at radius 3 is 2.29 bits per heavy atom. The van der Waals surface area contributed by atoms with Crippen molar-refractivity contribution in [3.05, 3.63) is 28.8 Å². The summed E-state index contributed by atoms with van der Waals surface area (Å²) in [7, 11) is 0. The monoisotopic (exact) mass is 234 g/mol. The highest BCUT2D eigenvalue weighted by Crippen LogP contribution is 2.37. The highest BCUT2D eigenvalue weighted by Gasteiger charge is 2.24. The van der Waals surface area contributed by atoms with Crippen molar-refractivity contribution in [3.8, 4) is 5.75 Å². The van der Waals surface area contributed by atoms with Crippen LogP contribution in [0.4, 0.5) is 0 Å². The van der Waals surface area contributed by atoms with Gasteiger partial charge in [-0.25, -0.2) is 0 Å². The number of phenols is 1. The van der Waals surface area contributed by atoms with Crippen LogP contribution in [0.15, 0.2) is 12.1 Å². The minimum atomic E-state index is 0.0452. The lowest BCUT2D eigenvalue weighted by molar-refractivity contribution is 0.419. The van der Waals surface area contributed by atoms with Crippen LogP contribution in [-0.4, -0.2) is 5.11 Å². The predicted molar refractivity (Wildman–Crippen MR) is 74.7 cm³/mol. The summed E-state index contributed by atoms with van der Waals surface area (Å²) in [5.41, 5.74) is 3.45. The molecule has 17 heavy (non-hydrogen) atoms. The molecule has 0 heterocycles. The first-order valence-electron chi connectivity index (χ1n) is 6.61. The van der Waals surface area contributed by atoms with Crippen molar-refractivity contribution in [1.82, 2.24) is 0 Å². The van der Waals surface area contributed by atoms with Gasteiger partial charge < -0.3 is 5.11 Å². The normalized spacial score (nSPS) is 12.2. The molecule has 0 spiro atoms. The second-order valence-corrected chi connectivity index (χ2v) is 6.09. The molecule has 0 unspecified atom stereocenters. The standard InChI is InChI=1S/C16H26O/c1-7-16(5,6)14-9-8-12(4)13(15(14)17)10-11(2)3/h8-9,11,17H,7,10H2,1-6H3. The van der Waals surface area contributed by atoms with Gasteiger partial charge in [0.15, 0.2) is 0 Å². The van der Waals surface area contributed by atoms with Gasteiger partial charge in [-0.2, -0.15) is 0 Å². The van der Waals surface area contributed by atoms with Gasteiger partial charge in [-0.05, 0) is 47.8 Å². The average molecular weight is 234 g/mol. The molecule has 0 bridgehead atoms. The van der Waals surface area contributed by atoms with Crippen molar-refractivity contribution < 1.29 is 5.11 Å². The Labute approximate surface area is 106 Å². The van der Waals surface area contributed by atoms with Gasteiger partial charge in [-0.3, -0.25) is 0 Å². The van der Waals surface area contributed by atoms with Crippen LogP contribution < -0.4 is 0 Å². The van der Waals surface area contributed by atoms with E-state index in [4.69, 9.17) is 0 Å². The maximum absolute atomic E-state index is 10.5. The molecule has 1 aromatic rings. The van der Waals surface area contributed by atoms with Gasteiger partial charge in [0.25, 0.3) is 0 Å². The molecule has 0 radical (unpaired) electrons. The lowest BCUT2D eigenvalue weighted by Crippen LogP contribution is -2.16. The molecule has 0 amide bonds.